The summed E-state index contributed by atoms with van der Waals surface area (Å²) in [7, 11) is -0.602. The van der Waals surface area contributed by atoms with Crippen molar-refractivity contribution < 1.29 is 0 Å². The van der Waals surface area contributed by atoms with Crippen LogP contribution in [0.2, 0.25) is 0 Å². The van der Waals surface area contributed by atoms with Crippen molar-refractivity contribution in [1.82, 2.24) is 0 Å². The number of para-hydroxylation sites is 2. The largest absolute Gasteiger partial charge is 0.315 e. The smallest absolute Gasteiger partial charge is 0.246 e. The summed E-state index contributed by atoms with van der Waals surface area (Å²) in [6.45, 7) is 0. The van der Waals surface area contributed by atoms with Gasteiger partial charge in [0.15, 0.2) is 0 Å². The Labute approximate surface area is 125 Å². The highest BCUT2D eigenvalue weighted by molar-refractivity contribution is 7.08. The van der Waals surface area contributed by atoms with Gasteiger partial charge >= 0.3 is 0 Å². The molecule has 0 amide bonds. The summed E-state index contributed by atoms with van der Waals surface area (Å²) < 4.78 is 4.03. The molecule has 2 aromatic carbocycles. The van der Waals surface area contributed by atoms with Crippen LogP contribution in [0.5, 0.6) is 0 Å². The summed E-state index contributed by atoms with van der Waals surface area (Å²) in [5.41, 5.74) is 2.08. The average Bonchev–Trinajstić information content (AvgIpc) is 2.51. The van der Waals surface area contributed by atoms with Gasteiger partial charge in [0.05, 0.1) is 0 Å². The third-order valence-electron chi connectivity index (χ3n) is 3.09. The van der Waals surface area contributed by atoms with Crippen molar-refractivity contribution in [3.63, 3.8) is 0 Å². The van der Waals surface area contributed by atoms with Gasteiger partial charge in [-0.2, -0.15) is 0 Å². The van der Waals surface area contributed by atoms with Crippen LogP contribution in [0.3, 0.4) is 0 Å². The molecular weight excluding hydrogens is 276 g/mol. The van der Waals surface area contributed by atoms with Crippen molar-refractivity contribution in [2.75, 3.05) is 9.13 Å². The van der Waals surface area contributed by atoms with Gasteiger partial charge in [-0.3, -0.25) is 0 Å². The van der Waals surface area contributed by atoms with Gasteiger partial charge in [0.2, 0.25) is 8.64 Å². The minimum absolute atomic E-state index is 0.950. The van der Waals surface area contributed by atoms with Crippen LogP contribution < -0.4 is 9.13 Å². The highest BCUT2D eigenvalue weighted by Gasteiger charge is 2.21. The summed E-state index contributed by atoms with van der Waals surface area (Å²) >= 11 is 0. The van der Waals surface area contributed by atoms with Crippen LogP contribution in [0.15, 0.2) is 60.7 Å². The van der Waals surface area contributed by atoms with Crippen LogP contribution in [-0.2, 0) is 0 Å². The molecule has 0 spiro atoms. The number of terminal acetylenes is 2. The molecule has 0 heterocycles. The molecular formula is C16H16N2Si2. The molecule has 98 valence electrons. The molecule has 0 unspecified atom stereocenters. The van der Waals surface area contributed by atoms with E-state index in [2.05, 4.69) is 12.1 Å². The number of hydrogen-bond donors (Lipinski definition) is 0. The molecule has 0 aliphatic rings. The van der Waals surface area contributed by atoms with Crippen LogP contribution in [0.25, 0.3) is 0 Å². The Balaban J connectivity index is 2.31. The van der Waals surface area contributed by atoms with E-state index in [0.29, 0.717) is 0 Å². The van der Waals surface area contributed by atoms with Gasteiger partial charge in [-0.1, -0.05) is 49.2 Å². The van der Waals surface area contributed by atoms with E-state index in [9.17, 15) is 0 Å². The topological polar surface area (TPSA) is 6.48 Å². The van der Waals surface area contributed by atoms with Gasteiger partial charge in [0, 0.05) is 33.2 Å². The first kappa shape index (κ1) is 14.0. The number of benzene rings is 2. The van der Waals surface area contributed by atoms with Crippen LogP contribution in [0.4, 0.5) is 11.4 Å². The van der Waals surface area contributed by atoms with Crippen molar-refractivity contribution in [2.45, 2.75) is 0 Å². The summed E-state index contributed by atoms with van der Waals surface area (Å²) in [4.78, 5) is 0. The molecule has 0 atom stereocenters. The summed E-state index contributed by atoms with van der Waals surface area (Å²) in [5.74, 6) is 0. The van der Waals surface area contributed by atoms with E-state index < -0.39 is 8.64 Å². The van der Waals surface area contributed by atoms with E-state index in [1.165, 1.54) is 0 Å². The van der Waals surface area contributed by atoms with E-state index in [0.717, 1.165) is 21.1 Å². The lowest BCUT2D eigenvalue weighted by molar-refractivity contribution is 1.37. The van der Waals surface area contributed by atoms with Crippen molar-refractivity contribution >= 4 is 29.8 Å². The standard InChI is InChI=1S/C16H16N2Si2/c1-3-17(15-11-7-5-8-12-15)20(19)18(4-2)16-13-9-6-10-14-16/h1-2,5-14,20H,19H3. The second kappa shape index (κ2) is 6.67. The van der Waals surface area contributed by atoms with Crippen molar-refractivity contribution in [1.29, 1.82) is 0 Å². The Kier molecular flexibility index (Phi) is 4.67. The fourth-order valence-corrected chi connectivity index (χ4v) is 6.64. The average molecular weight is 292 g/mol. The molecule has 0 saturated heterocycles. The van der Waals surface area contributed by atoms with Crippen molar-refractivity contribution in [3.8, 4) is 24.9 Å². The summed E-state index contributed by atoms with van der Waals surface area (Å²) in [5, 5.41) is 0. The predicted octanol–water partition coefficient (Wildman–Crippen LogP) is 1.26. The zero-order valence-corrected chi connectivity index (χ0v) is 14.6. The van der Waals surface area contributed by atoms with Gasteiger partial charge in [-0.15, -0.1) is 0 Å². The fourth-order valence-electron chi connectivity index (χ4n) is 2.09. The molecule has 0 radical (unpaired) electrons. The van der Waals surface area contributed by atoms with Crippen LogP contribution >= 0.6 is 0 Å². The lowest BCUT2D eigenvalue weighted by atomic mass is 10.3. The molecule has 0 aromatic heterocycles. The highest BCUT2D eigenvalue weighted by atomic mass is 29.2. The first-order valence-corrected chi connectivity index (χ1v) is 12.0. The lowest BCUT2D eigenvalue weighted by Gasteiger charge is -2.32. The molecule has 0 N–H and O–H groups in total. The molecule has 0 aliphatic carbocycles. The van der Waals surface area contributed by atoms with Crippen LogP contribution in [0, 0.1) is 24.9 Å². The minimum Gasteiger partial charge on any atom is -0.315 e. The predicted molar refractivity (Wildman–Crippen MR) is 92.6 cm³/mol. The highest BCUT2D eigenvalue weighted by Crippen LogP contribution is 2.18. The van der Waals surface area contributed by atoms with Gasteiger partial charge in [0.25, 0.3) is 0 Å². The van der Waals surface area contributed by atoms with Crippen molar-refractivity contribution in [2.24, 2.45) is 0 Å². The normalized spacial score (nSPS) is 9.75. The number of anilines is 2. The monoisotopic (exact) mass is 292 g/mol. The Hall–Kier alpha value is -2.41. The third-order valence-corrected chi connectivity index (χ3v) is 8.58. The van der Waals surface area contributed by atoms with Gasteiger partial charge in [-0.05, 0) is 24.3 Å². The Bertz CT molecular complexity index is 572. The van der Waals surface area contributed by atoms with Crippen LogP contribution in [0.1, 0.15) is 0 Å². The van der Waals surface area contributed by atoms with E-state index >= 15 is 0 Å². The first-order valence-electron chi connectivity index (χ1n) is 6.39. The minimum atomic E-state index is -1.55. The Morgan fingerprint density at radius 3 is 1.40 bits per heavy atom. The molecule has 2 rings (SSSR count). The third kappa shape index (κ3) is 2.94. The zero-order valence-electron chi connectivity index (χ0n) is 11.4. The number of nitrogens with zero attached hydrogens (tertiary/aromatic N) is 2. The molecule has 2 nitrogen and oxygen atoms in total. The molecule has 0 bridgehead atoms. The zero-order chi connectivity index (χ0) is 14.4. The van der Waals surface area contributed by atoms with Gasteiger partial charge in [-0.25, -0.2) is 0 Å². The molecule has 0 saturated carbocycles. The summed E-state index contributed by atoms with van der Waals surface area (Å²) in [6.07, 6.45) is 11.4. The van der Waals surface area contributed by atoms with Gasteiger partial charge < -0.3 is 9.13 Å². The lowest BCUT2D eigenvalue weighted by Crippen LogP contribution is -2.50. The molecule has 0 fully saturated rings. The summed E-state index contributed by atoms with van der Waals surface area (Å²) in [6, 6.07) is 25.6. The number of hydrogen-bond acceptors (Lipinski definition) is 2. The van der Waals surface area contributed by atoms with Crippen LogP contribution in [-0.4, -0.2) is 18.4 Å². The Morgan fingerprint density at radius 2 is 1.10 bits per heavy atom. The van der Waals surface area contributed by atoms with Gasteiger partial charge in [0.1, 0.15) is 0 Å². The molecule has 4 heteroatoms. The second-order valence-electron chi connectivity index (χ2n) is 4.30. The maximum atomic E-state index is 5.71. The van der Waals surface area contributed by atoms with Crippen molar-refractivity contribution in [3.05, 3.63) is 60.7 Å². The van der Waals surface area contributed by atoms with E-state index in [1.54, 1.807) is 0 Å². The molecule has 2 aromatic rings. The van der Waals surface area contributed by atoms with E-state index in [-0.39, 0.29) is 0 Å². The fraction of sp³-hybridized carbons (Fsp3) is 0. The quantitative estimate of drug-likeness (QED) is 0.476. The molecule has 0 aliphatic heterocycles. The maximum absolute atomic E-state index is 5.71. The second-order valence-corrected chi connectivity index (χ2v) is 9.70. The number of rotatable bonds is 4. The molecule has 20 heavy (non-hydrogen) atoms. The first-order chi connectivity index (χ1) is 9.77. The van der Waals surface area contributed by atoms with E-state index in [4.69, 9.17) is 12.8 Å². The Morgan fingerprint density at radius 1 is 0.750 bits per heavy atom. The maximum Gasteiger partial charge on any atom is 0.246 e. The SMILES string of the molecule is C#CN(c1ccccc1)[SiH]([SiH3])N(C#C)c1ccccc1. The van der Waals surface area contributed by atoms with E-state index in [1.807, 2.05) is 69.8 Å².